The first-order chi connectivity index (χ1) is 8.11. The minimum Gasteiger partial charge on any atom is -0.466 e. The molecule has 0 aliphatic carbocycles. The number of nitrogens with zero attached hydrogens (tertiary/aromatic N) is 1. The molecule has 0 saturated heterocycles. The van der Waals surface area contributed by atoms with Crippen molar-refractivity contribution < 1.29 is 14.3 Å². The van der Waals surface area contributed by atoms with Gasteiger partial charge >= 0.3 is 5.97 Å². The molecule has 6 heteroatoms. The van der Waals surface area contributed by atoms with Gasteiger partial charge in [0.05, 0.1) is 12.3 Å². The van der Waals surface area contributed by atoms with Gasteiger partial charge in [-0.25, -0.2) is 4.98 Å². The molecule has 0 spiro atoms. The van der Waals surface area contributed by atoms with Crippen molar-refractivity contribution in [1.29, 1.82) is 0 Å². The second-order valence-electron chi connectivity index (χ2n) is 3.48. The quantitative estimate of drug-likeness (QED) is 0.790. The highest BCUT2D eigenvalue weighted by Gasteiger charge is 2.05. The Morgan fingerprint density at radius 2 is 2.29 bits per heavy atom. The van der Waals surface area contributed by atoms with Crippen molar-refractivity contribution in [2.24, 2.45) is 0 Å². The normalized spacial score (nSPS) is 10.0. The second-order valence-corrected chi connectivity index (χ2v) is 4.34. The monoisotopic (exact) mass is 256 g/mol. The molecule has 0 radical (unpaired) electrons. The molecule has 0 fully saturated rings. The van der Waals surface area contributed by atoms with Crippen LogP contribution >= 0.6 is 11.3 Å². The molecule has 5 nitrogen and oxygen atoms in total. The maximum absolute atomic E-state index is 11.1. The van der Waals surface area contributed by atoms with E-state index < -0.39 is 0 Å². The smallest absolute Gasteiger partial charge is 0.305 e. The molecular formula is C11H16N2O3S. The third kappa shape index (κ3) is 5.44. The number of hydrogen-bond acceptors (Lipinski definition) is 5. The summed E-state index contributed by atoms with van der Waals surface area (Å²) >= 11 is 1.39. The van der Waals surface area contributed by atoms with Gasteiger partial charge in [-0.05, 0) is 19.8 Å². The van der Waals surface area contributed by atoms with E-state index in [1.165, 1.54) is 18.3 Å². The van der Waals surface area contributed by atoms with Crippen molar-refractivity contribution in [3.8, 4) is 0 Å². The summed E-state index contributed by atoms with van der Waals surface area (Å²) in [4.78, 5) is 26.1. The van der Waals surface area contributed by atoms with Crippen LogP contribution in [0.2, 0.25) is 0 Å². The number of thiazole rings is 1. The molecule has 1 N–H and O–H groups in total. The fourth-order valence-electron chi connectivity index (χ4n) is 1.28. The Kier molecular flexibility index (Phi) is 5.62. The fraction of sp³-hybridized carbons (Fsp3) is 0.545. The standard InChI is InChI=1S/C11H16N2O3S/c1-3-16-10(15)6-4-5-9-7-17-11(13-9)12-8(2)14/h7H,3-6H2,1-2H3,(H,12,13,14). The lowest BCUT2D eigenvalue weighted by Crippen LogP contribution is -2.05. The number of hydrogen-bond donors (Lipinski definition) is 1. The highest BCUT2D eigenvalue weighted by molar-refractivity contribution is 7.13. The number of carbonyl (C=O) groups excluding carboxylic acids is 2. The van der Waals surface area contributed by atoms with Crippen molar-refractivity contribution in [3.63, 3.8) is 0 Å². The molecule has 0 aromatic carbocycles. The van der Waals surface area contributed by atoms with E-state index in [-0.39, 0.29) is 11.9 Å². The molecule has 0 saturated carbocycles. The zero-order valence-electron chi connectivity index (χ0n) is 9.99. The predicted molar refractivity (Wildman–Crippen MR) is 66.0 cm³/mol. The number of ether oxygens (including phenoxy) is 1. The van der Waals surface area contributed by atoms with Crippen LogP contribution in [-0.2, 0) is 20.7 Å². The fourth-order valence-corrected chi connectivity index (χ4v) is 2.07. The van der Waals surface area contributed by atoms with Gasteiger partial charge in [-0.3, -0.25) is 9.59 Å². The highest BCUT2D eigenvalue weighted by atomic mass is 32.1. The van der Waals surface area contributed by atoms with E-state index in [4.69, 9.17) is 4.74 Å². The lowest BCUT2D eigenvalue weighted by molar-refractivity contribution is -0.143. The van der Waals surface area contributed by atoms with Gasteiger partial charge in [0, 0.05) is 18.7 Å². The number of esters is 1. The molecule has 0 aliphatic rings. The molecule has 1 aromatic rings. The molecular weight excluding hydrogens is 240 g/mol. The number of amides is 1. The SMILES string of the molecule is CCOC(=O)CCCc1csc(NC(C)=O)n1. The van der Waals surface area contributed by atoms with Gasteiger partial charge in [-0.2, -0.15) is 0 Å². The van der Waals surface area contributed by atoms with Crippen molar-refractivity contribution in [2.45, 2.75) is 33.1 Å². The Hall–Kier alpha value is -1.43. The molecule has 94 valence electrons. The molecule has 1 aromatic heterocycles. The van der Waals surface area contributed by atoms with Crippen molar-refractivity contribution in [3.05, 3.63) is 11.1 Å². The van der Waals surface area contributed by atoms with E-state index in [1.54, 1.807) is 6.92 Å². The number of nitrogens with one attached hydrogen (secondary N) is 1. The first-order valence-corrected chi connectivity index (χ1v) is 6.37. The van der Waals surface area contributed by atoms with Crippen LogP contribution in [0.15, 0.2) is 5.38 Å². The van der Waals surface area contributed by atoms with E-state index in [9.17, 15) is 9.59 Å². The zero-order chi connectivity index (χ0) is 12.7. The summed E-state index contributed by atoms with van der Waals surface area (Å²) in [6, 6.07) is 0. The topological polar surface area (TPSA) is 68.3 Å². The van der Waals surface area contributed by atoms with E-state index >= 15 is 0 Å². The molecule has 0 atom stereocenters. The van der Waals surface area contributed by atoms with Gasteiger partial charge in [-0.15, -0.1) is 11.3 Å². The molecule has 0 unspecified atom stereocenters. The van der Waals surface area contributed by atoms with Crippen LogP contribution in [0.3, 0.4) is 0 Å². The Morgan fingerprint density at radius 1 is 1.53 bits per heavy atom. The average Bonchev–Trinajstić information content (AvgIpc) is 2.65. The van der Waals surface area contributed by atoms with E-state index in [0.717, 1.165) is 12.1 Å². The maximum Gasteiger partial charge on any atom is 0.305 e. The predicted octanol–water partition coefficient (Wildman–Crippen LogP) is 1.99. The van der Waals surface area contributed by atoms with Crippen LogP contribution in [0.5, 0.6) is 0 Å². The summed E-state index contributed by atoms with van der Waals surface area (Å²) < 4.78 is 4.82. The largest absolute Gasteiger partial charge is 0.466 e. The maximum atomic E-state index is 11.1. The summed E-state index contributed by atoms with van der Waals surface area (Å²) in [6.45, 7) is 3.65. The summed E-state index contributed by atoms with van der Waals surface area (Å²) in [7, 11) is 0. The summed E-state index contributed by atoms with van der Waals surface area (Å²) in [5.74, 6) is -0.303. The average molecular weight is 256 g/mol. The number of aromatic nitrogens is 1. The first kappa shape index (κ1) is 13.6. The molecule has 17 heavy (non-hydrogen) atoms. The summed E-state index contributed by atoms with van der Waals surface area (Å²) in [6.07, 6.45) is 1.83. The van der Waals surface area contributed by atoms with Crippen LogP contribution < -0.4 is 5.32 Å². The van der Waals surface area contributed by atoms with Crippen molar-refractivity contribution in [2.75, 3.05) is 11.9 Å². The number of rotatable bonds is 6. The summed E-state index contributed by atoms with van der Waals surface area (Å²) in [5, 5.41) is 5.11. The Bertz CT molecular complexity index is 390. The molecule has 1 rings (SSSR count). The van der Waals surface area contributed by atoms with Crippen molar-refractivity contribution >= 4 is 28.3 Å². The zero-order valence-corrected chi connectivity index (χ0v) is 10.8. The van der Waals surface area contributed by atoms with Crippen LogP contribution in [0.25, 0.3) is 0 Å². The highest BCUT2D eigenvalue weighted by Crippen LogP contribution is 2.16. The third-order valence-electron chi connectivity index (χ3n) is 1.95. The minimum absolute atomic E-state index is 0.127. The van der Waals surface area contributed by atoms with Gasteiger partial charge in [0.15, 0.2) is 5.13 Å². The van der Waals surface area contributed by atoms with Crippen molar-refractivity contribution in [1.82, 2.24) is 4.98 Å². The van der Waals surface area contributed by atoms with Crippen LogP contribution in [0.4, 0.5) is 5.13 Å². The van der Waals surface area contributed by atoms with Crippen LogP contribution in [0, 0.1) is 0 Å². The lowest BCUT2D eigenvalue weighted by Gasteiger charge is -2.00. The Labute approximate surface area is 104 Å². The number of anilines is 1. The first-order valence-electron chi connectivity index (χ1n) is 5.49. The second kappa shape index (κ2) is 7.01. The summed E-state index contributed by atoms with van der Waals surface area (Å²) in [5.41, 5.74) is 0.892. The molecule has 0 aliphatic heterocycles. The molecule has 1 amide bonds. The number of carbonyl (C=O) groups is 2. The minimum atomic E-state index is -0.176. The van der Waals surface area contributed by atoms with Gasteiger partial charge in [0.25, 0.3) is 0 Å². The van der Waals surface area contributed by atoms with E-state index in [2.05, 4.69) is 10.3 Å². The van der Waals surface area contributed by atoms with E-state index in [0.29, 0.717) is 24.6 Å². The van der Waals surface area contributed by atoms with Gasteiger partial charge in [0.1, 0.15) is 0 Å². The van der Waals surface area contributed by atoms with Gasteiger partial charge in [-0.1, -0.05) is 0 Å². The Balaban J connectivity index is 2.30. The third-order valence-corrected chi connectivity index (χ3v) is 2.76. The van der Waals surface area contributed by atoms with Crippen LogP contribution in [0.1, 0.15) is 32.4 Å². The van der Waals surface area contributed by atoms with Crippen LogP contribution in [-0.4, -0.2) is 23.5 Å². The van der Waals surface area contributed by atoms with Gasteiger partial charge < -0.3 is 10.1 Å². The molecule has 1 heterocycles. The number of aryl methyl sites for hydroxylation is 1. The Morgan fingerprint density at radius 3 is 2.94 bits per heavy atom. The lowest BCUT2D eigenvalue weighted by atomic mass is 10.2. The van der Waals surface area contributed by atoms with E-state index in [1.807, 2.05) is 5.38 Å². The molecule has 0 bridgehead atoms. The van der Waals surface area contributed by atoms with Gasteiger partial charge in [0.2, 0.25) is 5.91 Å².